The third-order valence-corrected chi connectivity index (χ3v) is 3.37. The highest BCUT2D eigenvalue weighted by atomic mass is 35.5. The van der Waals surface area contributed by atoms with E-state index in [1.807, 2.05) is 19.1 Å². The van der Waals surface area contributed by atoms with Gasteiger partial charge in [-0.2, -0.15) is 0 Å². The van der Waals surface area contributed by atoms with Crippen LogP contribution in [0.25, 0.3) is 0 Å². The van der Waals surface area contributed by atoms with Crippen LogP contribution in [-0.2, 0) is 4.74 Å². The quantitative estimate of drug-likeness (QED) is 0.761. The largest absolute Gasteiger partial charge is 0.385 e. The molecule has 7 heteroatoms. The first-order chi connectivity index (χ1) is 11.1. The van der Waals surface area contributed by atoms with Crippen molar-refractivity contribution in [1.82, 2.24) is 15.3 Å². The van der Waals surface area contributed by atoms with Crippen LogP contribution in [0.4, 0.5) is 11.6 Å². The van der Waals surface area contributed by atoms with Gasteiger partial charge in [0.2, 0.25) is 5.95 Å². The fraction of sp³-hybridized carbons (Fsp3) is 0.312. The van der Waals surface area contributed by atoms with E-state index in [1.54, 1.807) is 25.4 Å². The number of hydrogen-bond acceptors (Lipinski definition) is 5. The summed E-state index contributed by atoms with van der Waals surface area (Å²) in [6.07, 6.45) is 2.30. The van der Waals surface area contributed by atoms with Gasteiger partial charge in [-0.3, -0.25) is 4.79 Å². The van der Waals surface area contributed by atoms with E-state index in [-0.39, 0.29) is 5.91 Å². The molecule has 23 heavy (non-hydrogen) atoms. The average Bonchev–Trinajstić information content (AvgIpc) is 2.54. The first-order valence-corrected chi connectivity index (χ1v) is 7.61. The summed E-state index contributed by atoms with van der Waals surface area (Å²) in [6, 6.07) is 7.05. The molecule has 0 saturated carbocycles. The van der Waals surface area contributed by atoms with E-state index in [0.717, 1.165) is 17.7 Å². The number of hydrogen-bond donors (Lipinski definition) is 2. The fourth-order valence-electron chi connectivity index (χ4n) is 1.94. The topological polar surface area (TPSA) is 76.1 Å². The second kappa shape index (κ2) is 8.45. The van der Waals surface area contributed by atoms with Crippen molar-refractivity contribution in [3.8, 4) is 0 Å². The van der Waals surface area contributed by atoms with Crippen LogP contribution in [0.5, 0.6) is 0 Å². The number of nitrogens with zero attached hydrogens (tertiary/aromatic N) is 2. The molecule has 2 rings (SSSR count). The number of benzene rings is 1. The molecular formula is C16H19ClN4O2. The van der Waals surface area contributed by atoms with Crippen LogP contribution in [0.1, 0.15) is 22.5 Å². The zero-order valence-corrected chi connectivity index (χ0v) is 13.9. The lowest BCUT2D eigenvalue weighted by molar-refractivity contribution is 0.0943. The number of anilines is 2. The third kappa shape index (κ3) is 5.19. The van der Waals surface area contributed by atoms with E-state index in [0.29, 0.717) is 29.8 Å². The second-order valence-electron chi connectivity index (χ2n) is 4.95. The Hall–Kier alpha value is -2.18. The molecule has 0 bridgehead atoms. The summed E-state index contributed by atoms with van der Waals surface area (Å²) in [5.41, 5.74) is 2.12. The van der Waals surface area contributed by atoms with Gasteiger partial charge in [-0.15, -0.1) is 0 Å². The number of methoxy groups -OCH3 is 1. The molecule has 0 unspecified atom stereocenters. The van der Waals surface area contributed by atoms with E-state index < -0.39 is 0 Å². The van der Waals surface area contributed by atoms with Gasteiger partial charge >= 0.3 is 0 Å². The minimum atomic E-state index is -0.237. The lowest BCUT2D eigenvalue weighted by atomic mass is 10.2. The van der Waals surface area contributed by atoms with Crippen molar-refractivity contribution >= 4 is 29.1 Å². The summed E-state index contributed by atoms with van der Waals surface area (Å²) in [5, 5.41) is 6.54. The molecule has 0 radical (unpaired) electrons. The minimum absolute atomic E-state index is 0.237. The molecule has 1 aromatic heterocycles. The van der Waals surface area contributed by atoms with Gasteiger partial charge in [-0.05, 0) is 43.2 Å². The molecule has 0 spiro atoms. The molecule has 2 aromatic rings. The van der Waals surface area contributed by atoms with Gasteiger partial charge in [-0.25, -0.2) is 9.97 Å². The highest BCUT2D eigenvalue weighted by Gasteiger charge is 2.09. The van der Waals surface area contributed by atoms with Gasteiger partial charge in [0, 0.05) is 37.2 Å². The normalized spacial score (nSPS) is 10.4. The molecule has 1 heterocycles. The molecule has 0 aliphatic heterocycles. The van der Waals surface area contributed by atoms with Gasteiger partial charge < -0.3 is 15.4 Å². The zero-order valence-electron chi connectivity index (χ0n) is 13.1. The predicted octanol–water partition coefficient (Wildman–Crippen LogP) is 2.95. The molecule has 6 nitrogen and oxygen atoms in total. The van der Waals surface area contributed by atoms with Crippen LogP contribution in [0.2, 0.25) is 5.02 Å². The average molecular weight is 335 g/mol. The molecule has 0 saturated heterocycles. The summed E-state index contributed by atoms with van der Waals surface area (Å²) < 4.78 is 4.94. The Morgan fingerprint density at radius 3 is 2.91 bits per heavy atom. The van der Waals surface area contributed by atoms with Crippen LogP contribution < -0.4 is 10.6 Å². The van der Waals surface area contributed by atoms with E-state index in [1.165, 1.54) is 0 Å². The number of aryl methyl sites for hydroxylation is 1. The molecule has 1 aromatic carbocycles. The van der Waals surface area contributed by atoms with Gasteiger partial charge in [0.05, 0.1) is 0 Å². The smallest absolute Gasteiger partial charge is 0.270 e. The number of ether oxygens (including phenoxy) is 1. The van der Waals surface area contributed by atoms with E-state index in [9.17, 15) is 4.79 Å². The SMILES string of the molecule is COCCCNC(=O)c1ccnc(Nc2ccc(Cl)cc2C)n1. The Labute approximate surface area is 140 Å². The second-order valence-corrected chi connectivity index (χ2v) is 5.39. The standard InChI is InChI=1S/C16H19ClN4O2/c1-11-10-12(17)4-5-13(11)20-16-19-8-6-14(21-16)15(22)18-7-3-9-23-2/h4-6,8,10H,3,7,9H2,1-2H3,(H,18,22)(H,19,20,21). The molecule has 0 atom stereocenters. The van der Waals surface area contributed by atoms with Gasteiger partial charge in [0.1, 0.15) is 5.69 Å². The van der Waals surface area contributed by atoms with Crippen LogP contribution in [0.3, 0.4) is 0 Å². The summed E-state index contributed by atoms with van der Waals surface area (Å²) in [6.45, 7) is 3.07. The van der Waals surface area contributed by atoms with E-state index in [4.69, 9.17) is 16.3 Å². The highest BCUT2D eigenvalue weighted by molar-refractivity contribution is 6.30. The van der Waals surface area contributed by atoms with Crippen LogP contribution in [-0.4, -0.2) is 36.1 Å². The summed E-state index contributed by atoms with van der Waals surface area (Å²) >= 11 is 5.94. The Balaban J connectivity index is 2.03. The Kier molecular flexibility index (Phi) is 6.31. The summed E-state index contributed by atoms with van der Waals surface area (Å²) in [4.78, 5) is 20.4. The highest BCUT2D eigenvalue weighted by Crippen LogP contribution is 2.21. The Morgan fingerprint density at radius 1 is 1.35 bits per heavy atom. The zero-order chi connectivity index (χ0) is 16.7. The first kappa shape index (κ1) is 17.2. The third-order valence-electron chi connectivity index (χ3n) is 3.13. The number of carbonyl (C=O) groups excluding carboxylic acids is 1. The van der Waals surface area contributed by atoms with Crippen LogP contribution in [0, 0.1) is 6.92 Å². The molecule has 122 valence electrons. The maximum atomic E-state index is 12.0. The van der Waals surface area contributed by atoms with Crippen molar-refractivity contribution in [2.45, 2.75) is 13.3 Å². The monoisotopic (exact) mass is 334 g/mol. The van der Waals surface area contributed by atoms with E-state index >= 15 is 0 Å². The summed E-state index contributed by atoms with van der Waals surface area (Å²) in [7, 11) is 1.63. The van der Waals surface area contributed by atoms with Crippen LogP contribution in [0.15, 0.2) is 30.5 Å². The Morgan fingerprint density at radius 2 is 2.17 bits per heavy atom. The number of halogens is 1. The molecule has 0 fully saturated rings. The van der Waals surface area contributed by atoms with Crippen molar-refractivity contribution in [2.24, 2.45) is 0 Å². The molecular weight excluding hydrogens is 316 g/mol. The fourth-order valence-corrected chi connectivity index (χ4v) is 2.17. The molecule has 0 aliphatic rings. The van der Waals surface area contributed by atoms with E-state index in [2.05, 4.69) is 20.6 Å². The van der Waals surface area contributed by atoms with Crippen LogP contribution >= 0.6 is 11.6 Å². The van der Waals surface area contributed by atoms with Crippen molar-refractivity contribution in [3.05, 3.63) is 46.7 Å². The lowest BCUT2D eigenvalue weighted by Crippen LogP contribution is -2.26. The maximum absolute atomic E-state index is 12.0. The maximum Gasteiger partial charge on any atom is 0.270 e. The molecule has 1 amide bonds. The summed E-state index contributed by atoms with van der Waals surface area (Å²) in [5.74, 6) is 0.124. The lowest BCUT2D eigenvalue weighted by Gasteiger charge is -2.09. The Bertz CT molecular complexity index is 679. The number of carbonyl (C=O) groups is 1. The van der Waals surface area contributed by atoms with Gasteiger partial charge in [0.15, 0.2) is 0 Å². The van der Waals surface area contributed by atoms with Crippen molar-refractivity contribution in [2.75, 3.05) is 25.6 Å². The van der Waals surface area contributed by atoms with Crippen molar-refractivity contribution in [1.29, 1.82) is 0 Å². The minimum Gasteiger partial charge on any atom is -0.385 e. The predicted molar refractivity (Wildman–Crippen MR) is 90.3 cm³/mol. The number of aromatic nitrogens is 2. The molecule has 0 aliphatic carbocycles. The van der Waals surface area contributed by atoms with Gasteiger partial charge in [-0.1, -0.05) is 11.6 Å². The molecule has 2 N–H and O–H groups in total. The van der Waals surface area contributed by atoms with Crippen molar-refractivity contribution in [3.63, 3.8) is 0 Å². The number of rotatable bonds is 7. The number of amides is 1. The van der Waals surface area contributed by atoms with Crippen molar-refractivity contribution < 1.29 is 9.53 Å². The first-order valence-electron chi connectivity index (χ1n) is 7.23. The van der Waals surface area contributed by atoms with Gasteiger partial charge in [0.25, 0.3) is 5.91 Å². The number of nitrogens with one attached hydrogen (secondary N) is 2.